The normalized spacial score (nSPS) is 18.4. The van der Waals surface area contributed by atoms with E-state index in [1.165, 1.54) is 4.90 Å². The van der Waals surface area contributed by atoms with Crippen LogP contribution < -0.4 is 26.6 Å². The predicted octanol–water partition coefficient (Wildman–Crippen LogP) is 7.42. The quantitative estimate of drug-likeness (QED) is 0.0141. The summed E-state index contributed by atoms with van der Waals surface area (Å²) in [7, 11) is 0. The van der Waals surface area contributed by atoms with Crippen LogP contribution in [0.25, 0.3) is 0 Å². The van der Waals surface area contributed by atoms with Crippen LogP contribution in [0.1, 0.15) is 120 Å². The summed E-state index contributed by atoms with van der Waals surface area (Å²) >= 11 is 0. The molecular formula is C114H111N11O22. The Balaban J connectivity index is 0.000000220. The van der Waals surface area contributed by atoms with E-state index in [1.807, 2.05) is 176 Å². The zero-order chi connectivity index (χ0) is 102. The van der Waals surface area contributed by atoms with E-state index in [9.17, 15) is 52.7 Å². The molecule has 33 heteroatoms. The number of ketones is 1. The summed E-state index contributed by atoms with van der Waals surface area (Å²) in [6, 6.07) is 63.5. The Morgan fingerprint density at radius 1 is 0.408 bits per heavy atom. The van der Waals surface area contributed by atoms with E-state index in [0.717, 1.165) is 55.6 Å². The Bertz CT molecular complexity index is 6630. The lowest BCUT2D eigenvalue weighted by Crippen LogP contribution is -2.52. The zero-order valence-electron chi connectivity index (χ0n) is 81.1. The van der Waals surface area contributed by atoms with Gasteiger partial charge in [0, 0.05) is 122 Å². The van der Waals surface area contributed by atoms with Gasteiger partial charge in [0.1, 0.15) is 58.9 Å². The standard InChI is InChI=1S/C59H55N5O10.C55H56N6O12/c1-43-52(27-28-53(66)61-43)64-40-51-46(24-18-26-50(51)57(64)68)37-48(65)42-73-33-17-5-4-15-31-70-30-14-2-3-16-32-71-35-36-72-34-29-60-54(67)41-63-39-47-23-12-13-25-49(47)55-59(58(63)69,38-44-19-8-6-9-20-44)62-56(74-55)45-21-10-7-11-22-45;62-47-23-22-46(51(65)58-47)61-36-44-43(53(61)66)20-13-21-45(44)57-49(64)38-72-33-32-71-31-29-69-26-12-2-1-11-25-68-28-30-70-27-24-56-48(63)37-60-35-41-18-9-10-19-42(41)50-55(54(60)67,34-39-14-5-3-6-15-39)59-52(73-50)40-16-7-4-8-17-40/h6-13,18-26,52,55H,1,27-42H2,(H,60,67)(H,61,66);3-10,13-21,46,50H,22-38H2,(H,56,63)(H,57,64)(H,58,62,65)/t52?,55-,59-;46?,50-,55-/m00/s1. The number of hydrogen-bond donors (Lipinski definition) is 5. The lowest BCUT2D eigenvalue weighted by Gasteiger charge is -2.32. The number of hydrogen-bond acceptors (Lipinski definition) is 24. The van der Waals surface area contributed by atoms with E-state index in [1.54, 1.807) is 45.0 Å². The third kappa shape index (κ3) is 28.6. The van der Waals surface area contributed by atoms with Crippen LogP contribution in [0.4, 0.5) is 5.69 Å². The molecule has 16 rings (SSSR count). The van der Waals surface area contributed by atoms with Gasteiger partial charge >= 0.3 is 0 Å². The predicted molar refractivity (Wildman–Crippen MR) is 540 cm³/mol. The minimum absolute atomic E-state index is 0.0279. The van der Waals surface area contributed by atoms with Crippen LogP contribution in [-0.2, 0) is 141 Å². The number of benzene rings is 8. The minimum Gasteiger partial charge on any atom is -0.466 e. The van der Waals surface area contributed by atoms with Gasteiger partial charge in [-0.1, -0.05) is 206 Å². The molecule has 0 spiro atoms. The van der Waals surface area contributed by atoms with Gasteiger partial charge < -0.3 is 93.0 Å². The molecule has 0 saturated carbocycles. The van der Waals surface area contributed by atoms with Crippen LogP contribution in [-0.4, -0.2) is 265 Å². The summed E-state index contributed by atoms with van der Waals surface area (Å²) in [4.78, 5) is 160. The molecule has 5 N–H and O–H groups in total. The van der Waals surface area contributed by atoms with Crippen LogP contribution in [0.15, 0.2) is 229 Å². The van der Waals surface area contributed by atoms with E-state index in [-0.39, 0.29) is 203 Å². The summed E-state index contributed by atoms with van der Waals surface area (Å²) in [6.45, 7) is 8.18. The number of aliphatic imine (C=N–C) groups is 2. The molecule has 33 nitrogen and oxygen atoms in total. The molecule has 0 bridgehead atoms. The van der Waals surface area contributed by atoms with Gasteiger partial charge in [0.05, 0.1) is 85.2 Å². The Labute approximate surface area is 852 Å². The highest BCUT2D eigenvalue weighted by Gasteiger charge is 2.59. The lowest BCUT2D eigenvalue weighted by molar-refractivity contribution is -0.143. The molecule has 8 aromatic rings. The average molecular weight is 1990 g/mol. The van der Waals surface area contributed by atoms with Gasteiger partial charge in [-0.05, 0) is 124 Å². The molecule has 2 unspecified atom stereocenters. The smallest absolute Gasteiger partial charge is 0.256 e. The Hall–Kier alpha value is -16.0. The maximum Gasteiger partial charge on any atom is 0.256 e. The first-order chi connectivity index (χ1) is 71.9. The molecule has 8 aliphatic heterocycles. The van der Waals surface area contributed by atoms with Gasteiger partial charge in [-0.25, -0.2) is 9.98 Å². The molecule has 8 heterocycles. The number of fused-ring (bicyclic) bond motifs is 8. The van der Waals surface area contributed by atoms with Crippen molar-refractivity contribution in [3.05, 3.63) is 291 Å². The molecule has 0 radical (unpaired) electrons. The molecule has 0 aliphatic carbocycles. The summed E-state index contributed by atoms with van der Waals surface area (Å²) < 4.78 is 62.6. The molecule has 0 aromatic heterocycles. The number of rotatable bonds is 43. The molecule has 8 aliphatic rings. The first-order valence-corrected chi connectivity index (χ1v) is 48.4. The average Bonchev–Trinajstić information content (AvgIpc) is 1.57. The van der Waals surface area contributed by atoms with Crippen molar-refractivity contribution in [1.82, 2.24) is 40.9 Å². The molecule has 6 atom stereocenters. The fraction of sp³-hybridized carbons (Fsp3) is 0.342. The fourth-order valence-corrected chi connectivity index (χ4v) is 18.0. The Morgan fingerprint density at radius 3 is 1.31 bits per heavy atom. The monoisotopic (exact) mass is 1990 g/mol. The van der Waals surface area contributed by atoms with E-state index >= 15 is 0 Å². The van der Waals surface area contributed by atoms with Crippen molar-refractivity contribution >= 4 is 82.3 Å². The van der Waals surface area contributed by atoms with Gasteiger partial charge in [-0.3, -0.25) is 58.1 Å². The molecule has 147 heavy (non-hydrogen) atoms. The zero-order valence-corrected chi connectivity index (χ0v) is 81.1. The number of ether oxygens (including phenoxy) is 11. The molecule has 8 aromatic carbocycles. The van der Waals surface area contributed by atoms with Crippen LogP contribution in [0.5, 0.6) is 0 Å². The molecule has 754 valence electrons. The van der Waals surface area contributed by atoms with Crippen LogP contribution in [0.2, 0.25) is 0 Å². The largest absolute Gasteiger partial charge is 0.466 e. The van der Waals surface area contributed by atoms with Crippen molar-refractivity contribution in [3.8, 4) is 71.0 Å². The van der Waals surface area contributed by atoms with Crippen molar-refractivity contribution in [1.29, 1.82) is 0 Å². The number of amides is 10. The number of Topliss-reactive ketones (excluding diaryl/α,β-unsaturated/α-hetero) is 1. The van der Waals surface area contributed by atoms with Crippen molar-refractivity contribution in [3.63, 3.8) is 0 Å². The van der Waals surface area contributed by atoms with E-state index in [4.69, 9.17) is 62.1 Å². The van der Waals surface area contributed by atoms with Gasteiger partial charge in [0.15, 0.2) is 29.1 Å². The van der Waals surface area contributed by atoms with Gasteiger partial charge in [0.25, 0.3) is 23.6 Å². The number of imide groups is 1. The van der Waals surface area contributed by atoms with Crippen LogP contribution in [0.3, 0.4) is 0 Å². The number of nitrogens with one attached hydrogen (secondary N) is 5. The molecular weight excluding hydrogens is 1880 g/mol. The third-order valence-electron chi connectivity index (χ3n) is 24.9. The number of carbonyl (C=O) groups excluding carboxylic acids is 11. The summed E-state index contributed by atoms with van der Waals surface area (Å²) in [6.07, 6.45) is 0.578. The lowest BCUT2D eigenvalue weighted by atomic mass is 9.81. The van der Waals surface area contributed by atoms with Crippen molar-refractivity contribution < 1.29 is 105 Å². The van der Waals surface area contributed by atoms with Crippen LogP contribution in [0, 0.1) is 71.0 Å². The molecule has 2 fully saturated rings. The van der Waals surface area contributed by atoms with Gasteiger partial charge in [-0.2, -0.15) is 0 Å². The minimum atomic E-state index is -1.33. The second kappa shape index (κ2) is 53.6. The van der Waals surface area contributed by atoms with Gasteiger partial charge in [0.2, 0.25) is 47.2 Å². The second-order valence-electron chi connectivity index (χ2n) is 35.0. The maximum atomic E-state index is 14.8. The van der Waals surface area contributed by atoms with E-state index in [2.05, 4.69) is 104 Å². The number of carbonyl (C=O) groups is 11. The van der Waals surface area contributed by atoms with Crippen molar-refractivity contribution in [2.24, 2.45) is 9.98 Å². The highest BCUT2D eigenvalue weighted by atomic mass is 16.6. The van der Waals surface area contributed by atoms with Gasteiger partial charge in [-0.15, -0.1) is 0 Å². The first-order valence-electron chi connectivity index (χ1n) is 48.4. The molecule has 2 saturated heterocycles. The van der Waals surface area contributed by atoms with E-state index in [0.29, 0.717) is 112 Å². The van der Waals surface area contributed by atoms with Crippen molar-refractivity contribution in [2.75, 3.05) is 150 Å². The summed E-state index contributed by atoms with van der Waals surface area (Å²) in [5.74, 6) is 30.5. The topological polar surface area (TPSA) is 387 Å². The van der Waals surface area contributed by atoms with Crippen molar-refractivity contribution in [2.45, 2.75) is 106 Å². The number of anilines is 1. The number of nitrogens with zero attached hydrogens (tertiary/aromatic N) is 6. The highest BCUT2D eigenvalue weighted by Crippen LogP contribution is 2.49. The Morgan fingerprint density at radius 2 is 0.816 bits per heavy atom. The molecule has 10 amide bonds. The van der Waals surface area contributed by atoms with E-state index < -0.39 is 41.1 Å². The third-order valence-corrected chi connectivity index (χ3v) is 24.9. The van der Waals surface area contributed by atoms with Crippen LogP contribution >= 0.6 is 0 Å². The Kier molecular flexibility index (Phi) is 38.4. The highest BCUT2D eigenvalue weighted by molar-refractivity contribution is 6.08. The SMILES string of the molecule is C=C1NC(=O)CCC1N1Cc2c(CC(=O)COCC#CC#CCOCC#CC#CCOCCOCCNC(=O)CN3Cc4ccccc4[C@@H]4OC(c5ccccc5)=N[C@]4(Cc4ccccc4)C3=O)cccc2C1=O.O=C(CN1Cc2ccccc2[C@@H]2OC(c3ccccc3)=N[C@]2(Cc2ccccc2)C1=O)NCCOCCOCC#CC#CCOCCOCCOCC(=O)Nc1cccc2c1CN(C1CCC(=O)NC1=O)C2=O. The first kappa shape index (κ1) is 105. The summed E-state index contributed by atoms with van der Waals surface area (Å²) in [5.41, 5.74) is 8.40. The second-order valence-corrected chi connectivity index (χ2v) is 35.0. The number of piperidine rings is 2. The summed E-state index contributed by atoms with van der Waals surface area (Å²) in [5, 5.41) is 13.5. The fourth-order valence-electron chi connectivity index (χ4n) is 18.0. The maximum absolute atomic E-state index is 14.8.